The lowest BCUT2D eigenvalue weighted by Gasteiger charge is -2.33. The van der Waals surface area contributed by atoms with Crippen molar-refractivity contribution in [3.05, 3.63) is 59.2 Å². The maximum atomic E-state index is 13.2. The Balaban J connectivity index is 1.48. The van der Waals surface area contributed by atoms with Crippen LogP contribution >= 0.6 is 0 Å². The Bertz CT molecular complexity index is 940. The Hall–Kier alpha value is -3.06. The molecule has 7 heteroatoms. The molecule has 7 nitrogen and oxygen atoms in total. The van der Waals surface area contributed by atoms with Gasteiger partial charge in [-0.25, -0.2) is 4.79 Å². The number of aliphatic hydroxyl groups excluding tert-OH is 1. The third kappa shape index (κ3) is 3.31. The Morgan fingerprint density at radius 1 is 1.17 bits per heavy atom. The molecule has 29 heavy (non-hydrogen) atoms. The van der Waals surface area contributed by atoms with Crippen LogP contribution in [0.5, 0.6) is 11.5 Å². The fourth-order valence-corrected chi connectivity index (χ4v) is 4.01. The van der Waals surface area contributed by atoms with Crippen molar-refractivity contribution in [2.75, 3.05) is 19.8 Å². The molecule has 0 bridgehead atoms. The summed E-state index contributed by atoms with van der Waals surface area (Å²) in [7, 11) is 0. The molecule has 1 saturated heterocycles. The van der Waals surface area contributed by atoms with Gasteiger partial charge < -0.3 is 19.9 Å². The number of hydrogen-bond donors (Lipinski definition) is 2. The molecule has 2 atom stereocenters. The lowest BCUT2D eigenvalue weighted by molar-refractivity contribution is -0.133. The zero-order valence-electron chi connectivity index (χ0n) is 16.5. The first kappa shape index (κ1) is 19.3. The van der Waals surface area contributed by atoms with Crippen molar-refractivity contribution in [1.29, 1.82) is 0 Å². The second-order valence-electron chi connectivity index (χ2n) is 7.53. The number of urea groups is 1. The van der Waals surface area contributed by atoms with Crippen LogP contribution < -0.4 is 14.8 Å². The van der Waals surface area contributed by atoms with E-state index in [1.54, 1.807) is 12.1 Å². The van der Waals surface area contributed by atoms with E-state index in [2.05, 4.69) is 5.32 Å². The monoisotopic (exact) mass is 396 g/mol. The normalized spacial score (nSPS) is 21.6. The number of carbonyl (C=O) groups is 2. The molecule has 2 aliphatic heterocycles. The first-order valence-corrected chi connectivity index (χ1v) is 9.66. The van der Waals surface area contributed by atoms with Crippen LogP contribution in [-0.2, 0) is 10.3 Å². The van der Waals surface area contributed by atoms with Crippen LogP contribution in [-0.4, -0.2) is 47.8 Å². The average molecular weight is 396 g/mol. The van der Waals surface area contributed by atoms with E-state index in [4.69, 9.17) is 9.47 Å². The first-order valence-electron chi connectivity index (χ1n) is 9.66. The number of nitrogens with one attached hydrogen (secondary N) is 1. The fourth-order valence-electron chi connectivity index (χ4n) is 4.01. The van der Waals surface area contributed by atoms with Crippen LogP contribution in [0.15, 0.2) is 42.5 Å². The van der Waals surface area contributed by atoms with Crippen molar-refractivity contribution in [2.24, 2.45) is 0 Å². The van der Waals surface area contributed by atoms with Gasteiger partial charge in [-0.3, -0.25) is 9.69 Å². The van der Waals surface area contributed by atoms with Crippen LogP contribution in [0.25, 0.3) is 0 Å². The number of aliphatic hydroxyl groups is 1. The molecular weight excluding hydrogens is 372 g/mol. The van der Waals surface area contributed by atoms with Crippen molar-refractivity contribution in [3.8, 4) is 11.5 Å². The van der Waals surface area contributed by atoms with Gasteiger partial charge in [0, 0.05) is 12.0 Å². The van der Waals surface area contributed by atoms with Crippen LogP contribution in [0.1, 0.15) is 23.1 Å². The summed E-state index contributed by atoms with van der Waals surface area (Å²) in [5.41, 5.74) is 1.43. The number of imide groups is 1. The Morgan fingerprint density at radius 2 is 1.90 bits per heavy atom. The standard InChI is InChI=1S/C22H24N2O5/c1-14-6-5-7-15(2)19(14)29-13-16(25)12-24-20(26)22(23-21(24)27)10-11-28-18-9-4-3-8-17(18)22/h3-9,16,25H,10-13H2,1-2H3,(H,23,27)/t16-,22-/m1/s1. The van der Waals surface area contributed by atoms with Gasteiger partial charge >= 0.3 is 6.03 Å². The minimum absolute atomic E-state index is 0.0184. The van der Waals surface area contributed by atoms with Crippen molar-refractivity contribution in [1.82, 2.24) is 10.2 Å². The second kappa shape index (κ2) is 7.40. The summed E-state index contributed by atoms with van der Waals surface area (Å²) in [5.74, 6) is 0.927. The maximum absolute atomic E-state index is 13.2. The predicted molar refractivity (Wildman–Crippen MR) is 106 cm³/mol. The van der Waals surface area contributed by atoms with E-state index in [0.29, 0.717) is 30.1 Å². The number of rotatable bonds is 5. The average Bonchev–Trinajstić information content (AvgIpc) is 2.93. The van der Waals surface area contributed by atoms with Crippen molar-refractivity contribution in [3.63, 3.8) is 0 Å². The lowest BCUT2D eigenvalue weighted by atomic mass is 9.84. The van der Waals surface area contributed by atoms with E-state index in [0.717, 1.165) is 16.0 Å². The number of amides is 3. The molecule has 0 saturated carbocycles. The number of aryl methyl sites for hydroxylation is 2. The lowest BCUT2D eigenvalue weighted by Crippen LogP contribution is -2.48. The van der Waals surface area contributed by atoms with Gasteiger partial charge in [-0.2, -0.15) is 0 Å². The summed E-state index contributed by atoms with van der Waals surface area (Å²) in [6, 6.07) is 12.5. The Labute approximate surface area is 169 Å². The van der Waals surface area contributed by atoms with Crippen LogP contribution in [0, 0.1) is 13.8 Å². The smallest absolute Gasteiger partial charge is 0.325 e. The molecule has 2 heterocycles. The SMILES string of the molecule is Cc1cccc(C)c1OC[C@H](O)CN1C(=O)N[C@@]2(CCOc3ccccc32)C1=O. The first-order chi connectivity index (χ1) is 13.9. The minimum atomic E-state index is -1.14. The van der Waals surface area contributed by atoms with E-state index >= 15 is 0 Å². The van der Waals surface area contributed by atoms with E-state index in [9.17, 15) is 14.7 Å². The number of para-hydroxylation sites is 2. The summed E-state index contributed by atoms with van der Waals surface area (Å²) >= 11 is 0. The van der Waals surface area contributed by atoms with Gasteiger partial charge in [0.15, 0.2) is 5.54 Å². The minimum Gasteiger partial charge on any atom is -0.493 e. The summed E-state index contributed by atoms with van der Waals surface area (Å²) in [5, 5.41) is 13.3. The predicted octanol–water partition coefficient (Wildman–Crippen LogP) is 2.27. The molecule has 3 amide bonds. The largest absolute Gasteiger partial charge is 0.493 e. The highest BCUT2D eigenvalue weighted by molar-refractivity contribution is 6.08. The number of carbonyl (C=O) groups excluding carboxylic acids is 2. The molecule has 2 aromatic carbocycles. The zero-order valence-corrected chi connectivity index (χ0v) is 16.5. The number of β-amino-alcohol motifs (C(OH)–C–C–N with tert-alkyl or cyclic N) is 1. The topological polar surface area (TPSA) is 88.1 Å². The molecule has 0 unspecified atom stereocenters. The van der Waals surface area contributed by atoms with Crippen LogP contribution in [0.2, 0.25) is 0 Å². The second-order valence-corrected chi connectivity index (χ2v) is 7.53. The molecule has 0 aliphatic carbocycles. The molecule has 152 valence electrons. The van der Waals surface area contributed by atoms with Gasteiger partial charge in [-0.15, -0.1) is 0 Å². The molecule has 0 radical (unpaired) electrons. The zero-order chi connectivity index (χ0) is 20.6. The number of ether oxygens (including phenoxy) is 2. The summed E-state index contributed by atoms with van der Waals surface area (Å²) in [4.78, 5) is 26.9. The summed E-state index contributed by atoms with van der Waals surface area (Å²) in [6.45, 7) is 4.03. The maximum Gasteiger partial charge on any atom is 0.325 e. The van der Waals surface area contributed by atoms with Crippen molar-refractivity contribution >= 4 is 11.9 Å². The van der Waals surface area contributed by atoms with Crippen LogP contribution in [0.3, 0.4) is 0 Å². The van der Waals surface area contributed by atoms with Gasteiger partial charge in [0.25, 0.3) is 5.91 Å². The van der Waals surface area contributed by atoms with E-state index < -0.39 is 17.7 Å². The fraction of sp³-hybridized carbons (Fsp3) is 0.364. The number of benzene rings is 2. The molecule has 1 spiro atoms. The number of hydrogen-bond acceptors (Lipinski definition) is 5. The van der Waals surface area contributed by atoms with Crippen molar-refractivity contribution in [2.45, 2.75) is 31.9 Å². The molecule has 1 fully saturated rings. The van der Waals surface area contributed by atoms with Gasteiger partial charge in [-0.1, -0.05) is 36.4 Å². The van der Waals surface area contributed by atoms with E-state index in [1.165, 1.54) is 0 Å². The van der Waals surface area contributed by atoms with E-state index in [-0.39, 0.29) is 19.1 Å². The van der Waals surface area contributed by atoms with Crippen LogP contribution in [0.4, 0.5) is 4.79 Å². The summed E-state index contributed by atoms with van der Waals surface area (Å²) in [6.07, 6.45) is -0.658. The molecule has 0 aromatic heterocycles. The summed E-state index contributed by atoms with van der Waals surface area (Å²) < 4.78 is 11.4. The Kier molecular flexibility index (Phi) is 4.92. The van der Waals surface area contributed by atoms with Gasteiger partial charge in [-0.05, 0) is 31.0 Å². The third-order valence-corrected chi connectivity index (χ3v) is 5.48. The van der Waals surface area contributed by atoms with E-state index in [1.807, 2.05) is 44.2 Å². The quantitative estimate of drug-likeness (QED) is 0.757. The highest BCUT2D eigenvalue weighted by Crippen LogP contribution is 2.41. The highest BCUT2D eigenvalue weighted by atomic mass is 16.5. The molecule has 4 rings (SSSR count). The van der Waals surface area contributed by atoms with Crippen molar-refractivity contribution < 1.29 is 24.2 Å². The van der Waals surface area contributed by atoms with Gasteiger partial charge in [0.05, 0.1) is 13.2 Å². The highest BCUT2D eigenvalue weighted by Gasteiger charge is 2.55. The Morgan fingerprint density at radius 3 is 2.66 bits per heavy atom. The number of nitrogens with zero attached hydrogens (tertiary/aromatic N) is 1. The van der Waals surface area contributed by atoms with Gasteiger partial charge in [0.2, 0.25) is 0 Å². The third-order valence-electron chi connectivity index (χ3n) is 5.48. The molecule has 2 N–H and O–H groups in total. The van der Waals surface area contributed by atoms with Gasteiger partial charge in [0.1, 0.15) is 24.2 Å². The number of fused-ring (bicyclic) bond motifs is 2. The molecule has 2 aromatic rings. The molecular formula is C22H24N2O5. The molecule has 2 aliphatic rings.